The monoisotopic (exact) mass is 485 g/mol. The summed E-state index contributed by atoms with van der Waals surface area (Å²) in [4.78, 5) is 0. The summed E-state index contributed by atoms with van der Waals surface area (Å²) in [6.45, 7) is 0. The van der Waals surface area contributed by atoms with E-state index < -0.39 is 13.3 Å². The first kappa shape index (κ1) is 21.3. The van der Waals surface area contributed by atoms with E-state index in [9.17, 15) is 4.57 Å². The van der Waals surface area contributed by atoms with Crippen LogP contribution in [0.25, 0.3) is 0 Å². The first-order valence-electron chi connectivity index (χ1n) is 9.96. The third kappa shape index (κ3) is 5.24. The van der Waals surface area contributed by atoms with Crippen LogP contribution in [-0.4, -0.2) is 0 Å². The number of hydrogen-bond acceptors (Lipinski definition) is 1. The molecule has 4 aromatic carbocycles. The molecule has 1 atom stereocenters. The second-order valence-corrected chi connectivity index (χ2v) is 10.5. The quantitative estimate of drug-likeness (QED) is 0.275. The first-order chi connectivity index (χ1) is 15.1. The standard InChI is InChI=1S/C27H21BrNOP/c28-24-19-17-23(18-20-24)27(21-16-22-10-4-1-5-11-22)29-31(30,25-12-6-2-7-13-25)26-14-8-3-9-15-26/h1-15,17-20,27H,(H,29,30). The minimum atomic E-state index is -3.14. The Morgan fingerprint density at radius 3 is 1.68 bits per heavy atom. The lowest BCUT2D eigenvalue weighted by Gasteiger charge is -2.24. The molecule has 0 fully saturated rings. The molecule has 0 aliphatic heterocycles. The largest absolute Gasteiger partial charge is 0.296 e. The van der Waals surface area contributed by atoms with Crippen molar-refractivity contribution in [1.29, 1.82) is 0 Å². The summed E-state index contributed by atoms with van der Waals surface area (Å²) in [6.07, 6.45) is 0. The summed E-state index contributed by atoms with van der Waals surface area (Å²) >= 11 is 3.49. The van der Waals surface area contributed by atoms with Gasteiger partial charge in [-0.3, -0.25) is 4.57 Å². The molecular formula is C27H21BrNOP. The van der Waals surface area contributed by atoms with Crippen LogP contribution in [0.4, 0.5) is 0 Å². The fraction of sp³-hybridized carbons (Fsp3) is 0.0370. The molecule has 2 nitrogen and oxygen atoms in total. The lowest BCUT2D eigenvalue weighted by Crippen LogP contribution is -2.30. The highest BCUT2D eigenvalue weighted by atomic mass is 79.9. The smallest absolute Gasteiger partial charge is 0.205 e. The average Bonchev–Trinajstić information content (AvgIpc) is 2.84. The van der Waals surface area contributed by atoms with Crippen molar-refractivity contribution in [2.24, 2.45) is 0 Å². The molecule has 0 aromatic heterocycles. The number of halogens is 1. The van der Waals surface area contributed by atoms with Crippen molar-refractivity contribution in [3.63, 3.8) is 0 Å². The molecule has 0 heterocycles. The Morgan fingerprint density at radius 1 is 0.677 bits per heavy atom. The highest BCUT2D eigenvalue weighted by molar-refractivity contribution is 9.10. The highest BCUT2D eigenvalue weighted by Crippen LogP contribution is 2.41. The highest BCUT2D eigenvalue weighted by Gasteiger charge is 2.30. The molecule has 0 bridgehead atoms. The van der Waals surface area contributed by atoms with Crippen LogP contribution in [0.5, 0.6) is 0 Å². The van der Waals surface area contributed by atoms with Crippen LogP contribution in [0, 0.1) is 11.8 Å². The predicted octanol–water partition coefficient (Wildman–Crippen LogP) is 6.06. The summed E-state index contributed by atoms with van der Waals surface area (Å²) in [6, 6.07) is 36.5. The van der Waals surface area contributed by atoms with Gasteiger partial charge in [0.25, 0.3) is 0 Å². The predicted molar refractivity (Wildman–Crippen MR) is 133 cm³/mol. The minimum Gasteiger partial charge on any atom is -0.296 e. The van der Waals surface area contributed by atoms with Gasteiger partial charge >= 0.3 is 0 Å². The van der Waals surface area contributed by atoms with Crippen molar-refractivity contribution in [2.75, 3.05) is 0 Å². The molecule has 4 aromatic rings. The molecule has 0 radical (unpaired) electrons. The van der Waals surface area contributed by atoms with E-state index in [-0.39, 0.29) is 0 Å². The molecule has 1 unspecified atom stereocenters. The van der Waals surface area contributed by atoms with Gasteiger partial charge in [-0.2, -0.15) is 0 Å². The van der Waals surface area contributed by atoms with E-state index in [0.717, 1.165) is 26.2 Å². The molecular weight excluding hydrogens is 465 g/mol. The summed E-state index contributed by atoms with van der Waals surface area (Å²) in [5, 5.41) is 4.94. The van der Waals surface area contributed by atoms with Crippen LogP contribution in [-0.2, 0) is 4.57 Å². The maximum absolute atomic E-state index is 14.5. The molecule has 31 heavy (non-hydrogen) atoms. The molecule has 4 rings (SSSR count). The summed E-state index contributed by atoms with van der Waals surface area (Å²) in [7, 11) is -3.14. The second-order valence-electron chi connectivity index (χ2n) is 7.03. The van der Waals surface area contributed by atoms with Gasteiger partial charge in [0.1, 0.15) is 6.04 Å². The number of hydrogen-bond donors (Lipinski definition) is 1. The van der Waals surface area contributed by atoms with E-state index in [4.69, 9.17) is 0 Å². The SMILES string of the molecule is O=P(NC(C#Cc1ccccc1)c1ccc(Br)cc1)(c1ccccc1)c1ccccc1. The van der Waals surface area contributed by atoms with Crippen molar-refractivity contribution >= 4 is 33.8 Å². The van der Waals surface area contributed by atoms with Gasteiger partial charge in [0.05, 0.1) is 0 Å². The fourth-order valence-corrected chi connectivity index (χ4v) is 5.90. The van der Waals surface area contributed by atoms with Crippen LogP contribution < -0.4 is 15.7 Å². The van der Waals surface area contributed by atoms with E-state index in [2.05, 4.69) is 32.9 Å². The Labute approximate surface area is 191 Å². The molecule has 0 aliphatic carbocycles. The van der Waals surface area contributed by atoms with Crippen molar-refractivity contribution in [1.82, 2.24) is 5.09 Å². The lowest BCUT2D eigenvalue weighted by atomic mass is 10.1. The molecule has 0 spiro atoms. The average molecular weight is 486 g/mol. The zero-order valence-electron chi connectivity index (χ0n) is 16.8. The fourth-order valence-electron chi connectivity index (χ4n) is 3.28. The van der Waals surface area contributed by atoms with Crippen molar-refractivity contribution < 1.29 is 4.57 Å². The minimum absolute atomic E-state index is 0.417. The van der Waals surface area contributed by atoms with Crippen molar-refractivity contribution in [2.45, 2.75) is 6.04 Å². The van der Waals surface area contributed by atoms with Crippen LogP contribution in [0.1, 0.15) is 17.2 Å². The van der Waals surface area contributed by atoms with Gasteiger partial charge in [-0.15, -0.1) is 0 Å². The van der Waals surface area contributed by atoms with Gasteiger partial charge in [0.15, 0.2) is 0 Å². The maximum Gasteiger partial charge on any atom is 0.205 e. The zero-order valence-corrected chi connectivity index (χ0v) is 19.3. The topological polar surface area (TPSA) is 29.1 Å². The zero-order chi connectivity index (χ0) is 21.5. The molecule has 0 aliphatic rings. The Hall–Kier alpha value is -2.89. The Bertz CT molecular complexity index is 1190. The Morgan fingerprint density at radius 2 is 1.16 bits per heavy atom. The number of nitrogens with one attached hydrogen (secondary N) is 1. The van der Waals surface area contributed by atoms with E-state index in [1.165, 1.54) is 0 Å². The summed E-state index contributed by atoms with van der Waals surface area (Å²) in [5.41, 5.74) is 1.87. The third-order valence-corrected chi connectivity index (χ3v) is 8.09. The van der Waals surface area contributed by atoms with Gasteiger partial charge in [-0.25, -0.2) is 5.09 Å². The van der Waals surface area contributed by atoms with Gasteiger partial charge in [0.2, 0.25) is 7.29 Å². The van der Waals surface area contributed by atoms with E-state index in [0.29, 0.717) is 0 Å². The van der Waals surface area contributed by atoms with E-state index >= 15 is 0 Å². The Kier molecular flexibility index (Phi) is 6.85. The number of rotatable bonds is 5. The van der Waals surface area contributed by atoms with E-state index in [1.54, 1.807) is 0 Å². The number of benzene rings is 4. The van der Waals surface area contributed by atoms with Crippen LogP contribution in [0.3, 0.4) is 0 Å². The van der Waals surface area contributed by atoms with Gasteiger partial charge in [0, 0.05) is 20.6 Å². The molecule has 152 valence electrons. The molecule has 0 amide bonds. The van der Waals surface area contributed by atoms with Crippen molar-refractivity contribution in [3.05, 3.63) is 131 Å². The first-order valence-corrected chi connectivity index (χ1v) is 12.5. The van der Waals surface area contributed by atoms with Crippen LogP contribution >= 0.6 is 23.2 Å². The van der Waals surface area contributed by atoms with Crippen molar-refractivity contribution in [3.8, 4) is 11.8 Å². The maximum atomic E-state index is 14.5. The van der Waals surface area contributed by atoms with Gasteiger partial charge in [-0.05, 0) is 54.1 Å². The third-order valence-electron chi connectivity index (χ3n) is 4.89. The van der Waals surface area contributed by atoms with E-state index in [1.807, 2.05) is 115 Å². The molecule has 0 saturated carbocycles. The molecule has 4 heteroatoms. The Balaban J connectivity index is 1.80. The second kappa shape index (κ2) is 9.94. The summed E-state index contributed by atoms with van der Waals surface area (Å²) in [5.74, 6) is 6.56. The van der Waals surface area contributed by atoms with Gasteiger partial charge < -0.3 is 0 Å². The summed E-state index contributed by atoms with van der Waals surface area (Å²) < 4.78 is 15.5. The molecule has 0 saturated heterocycles. The van der Waals surface area contributed by atoms with Crippen LogP contribution in [0.2, 0.25) is 0 Å². The van der Waals surface area contributed by atoms with Gasteiger partial charge in [-0.1, -0.05) is 94.5 Å². The molecule has 1 N–H and O–H groups in total. The normalized spacial score (nSPS) is 11.9. The van der Waals surface area contributed by atoms with Crippen LogP contribution in [0.15, 0.2) is 120 Å². The lowest BCUT2D eigenvalue weighted by molar-refractivity contribution is 0.574.